The Bertz CT molecular complexity index is 540. The summed E-state index contributed by atoms with van der Waals surface area (Å²) in [5.41, 5.74) is 0.872. The molecule has 0 saturated carbocycles. The van der Waals surface area contributed by atoms with Gasteiger partial charge in [0, 0.05) is 11.9 Å². The third-order valence-electron chi connectivity index (χ3n) is 3.31. The molecule has 2 aromatic rings. The number of benzene rings is 1. The Hall–Kier alpha value is -1.35. The van der Waals surface area contributed by atoms with Crippen LogP contribution in [-0.2, 0) is 0 Å². The number of nitrogens with one attached hydrogen (secondary N) is 1. The summed E-state index contributed by atoms with van der Waals surface area (Å²) in [6.45, 7) is 7.55. The van der Waals surface area contributed by atoms with E-state index in [4.69, 9.17) is 11.6 Å². The molecule has 0 aliphatic heterocycles. The Labute approximate surface area is 113 Å². The van der Waals surface area contributed by atoms with E-state index in [9.17, 15) is 0 Å². The second-order valence-corrected chi connectivity index (χ2v) is 5.30. The smallest absolute Gasteiger partial charge is 0.224 e. The Morgan fingerprint density at radius 1 is 1.17 bits per heavy atom. The number of aromatic nitrogens is 2. The first-order valence-corrected chi connectivity index (χ1v) is 6.62. The van der Waals surface area contributed by atoms with Crippen LogP contribution in [0.1, 0.15) is 20.8 Å². The maximum absolute atomic E-state index is 5.94. The molecule has 1 heterocycles. The lowest BCUT2D eigenvalue weighted by atomic mass is 9.98. The van der Waals surface area contributed by atoms with Crippen molar-refractivity contribution >= 4 is 28.3 Å². The minimum absolute atomic E-state index is 0.286. The van der Waals surface area contributed by atoms with Crippen molar-refractivity contribution in [3.8, 4) is 0 Å². The van der Waals surface area contributed by atoms with Crippen LogP contribution in [0.3, 0.4) is 0 Å². The van der Waals surface area contributed by atoms with Crippen molar-refractivity contribution < 1.29 is 0 Å². The van der Waals surface area contributed by atoms with E-state index in [1.165, 1.54) is 0 Å². The fraction of sp³-hybridized carbons (Fsp3) is 0.429. The largest absolute Gasteiger partial charge is 0.369 e. The van der Waals surface area contributed by atoms with E-state index >= 15 is 0 Å². The molecule has 96 valence electrons. The first kappa shape index (κ1) is 13.1. The molecule has 3 nitrogen and oxygen atoms in total. The maximum Gasteiger partial charge on any atom is 0.224 e. The number of hydrogen-bond acceptors (Lipinski definition) is 3. The monoisotopic (exact) mass is 263 g/mol. The van der Waals surface area contributed by atoms with Crippen LogP contribution in [0.15, 0.2) is 24.3 Å². The summed E-state index contributed by atoms with van der Waals surface area (Å²) in [7, 11) is 0. The summed E-state index contributed by atoms with van der Waals surface area (Å²) < 4.78 is 0. The molecule has 1 unspecified atom stereocenters. The minimum Gasteiger partial charge on any atom is -0.369 e. The van der Waals surface area contributed by atoms with Gasteiger partial charge in [0.15, 0.2) is 0 Å². The Morgan fingerprint density at radius 2 is 1.89 bits per heavy atom. The van der Waals surface area contributed by atoms with Gasteiger partial charge in [-0.1, -0.05) is 32.9 Å². The van der Waals surface area contributed by atoms with Crippen molar-refractivity contribution in [1.29, 1.82) is 0 Å². The Morgan fingerprint density at radius 3 is 2.61 bits per heavy atom. The molecule has 0 aliphatic carbocycles. The molecule has 0 aliphatic rings. The summed E-state index contributed by atoms with van der Waals surface area (Å²) >= 11 is 5.94. The predicted octanol–water partition coefficient (Wildman–Crippen LogP) is 3.99. The molecule has 4 heteroatoms. The number of rotatable bonds is 4. The molecule has 18 heavy (non-hydrogen) atoms. The van der Waals surface area contributed by atoms with Gasteiger partial charge < -0.3 is 5.32 Å². The highest BCUT2D eigenvalue weighted by Crippen LogP contribution is 2.22. The van der Waals surface area contributed by atoms with Crippen molar-refractivity contribution in [3.63, 3.8) is 0 Å². The lowest BCUT2D eigenvalue weighted by molar-refractivity contribution is 0.439. The summed E-state index contributed by atoms with van der Waals surface area (Å²) in [6.07, 6.45) is 0. The van der Waals surface area contributed by atoms with Gasteiger partial charge in [-0.25, -0.2) is 9.97 Å². The molecular weight excluding hydrogens is 246 g/mol. The highest BCUT2D eigenvalue weighted by molar-refractivity contribution is 6.28. The standard InChI is InChI=1S/C14H18ClN3/c1-9(2)10(3)8-16-13-11-6-4-5-7-12(11)17-14(15)18-13/h4-7,9-10H,8H2,1-3H3,(H,16,17,18). The van der Waals surface area contributed by atoms with Gasteiger partial charge in [0.1, 0.15) is 5.82 Å². The molecule has 1 aromatic heterocycles. The lowest BCUT2D eigenvalue weighted by Gasteiger charge is -2.17. The van der Waals surface area contributed by atoms with Crippen LogP contribution >= 0.6 is 11.6 Å². The fourth-order valence-electron chi connectivity index (χ4n) is 1.68. The van der Waals surface area contributed by atoms with E-state index in [0.717, 1.165) is 23.3 Å². The van der Waals surface area contributed by atoms with Crippen LogP contribution in [0.4, 0.5) is 5.82 Å². The van der Waals surface area contributed by atoms with Crippen molar-refractivity contribution in [1.82, 2.24) is 9.97 Å². The van der Waals surface area contributed by atoms with Gasteiger partial charge in [0.2, 0.25) is 5.28 Å². The molecule has 0 bridgehead atoms. The van der Waals surface area contributed by atoms with Crippen molar-refractivity contribution in [2.24, 2.45) is 11.8 Å². The average molecular weight is 264 g/mol. The third-order valence-corrected chi connectivity index (χ3v) is 3.47. The van der Waals surface area contributed by atoms with Gasteiger partial charge in [-0.3, -0.25) is 0 Å². The zero-order valence-electron chi connectivity index (χ0n) is 10.9. The van der Waals surface area contributed by atoms with Crippen molar-refractivity contribution in [3.05, 3.63) is 29.5 Å². The summed E-state index contributed by atoms with van der Waals surface area (Å²) in [5.74, 6) is 2.04. The fourth-order valence-corrected chi connectivity index (χ4v) is 1.85. The normalized spacial score (nSPS) is 12.9. The van der Waals surface area contributed by atoms with E-state index in [2.05, 4.69) is 36.1 Å². The topological polar surface area (TPSA) is 37.8 Å². The van der Waals surface area contributed by atoms with Crippen LogP contribution in [0, 0.1) is 11.8 Å². The zero-order chi connectivity index (χ0) is 13.1. The SMILES string of the molecule is CC(C)C(C)CNc1nc(Cl)nc2ccccc12. The minimum atomic E-state index is 0.286. The molecule has 0 spiro atoms. The highest BCUT2D eigenvalue weighted by Gasteiger charge is 2.10. The van der Waals surface area contributed by atoms with Crippen molar-refractivity contribution in [2.75, 3.05) is 11.9 Å². The third kappa shape index (κ3) is 2.91. The van der Waals surface area contributed by atoms with Gasteiger partial charge in [0.25, 0.3) is 0 Å². The average Bonchev–Trinajstić information content (AvgIpc) is 2.35. The Kier molecular flexibility index (Phi) is 4.02. The number of hydrogen-bond donors (Lipinski definition) is 1. The van der Waals surface area contributed by atoms with Crippen LogP contribution in [-0.4, -0.2) is 16.5 Å². The molecule has 0 saturated heterocycles. The first-order valence-electron chi connectivity index (χ1n) is 6.24. The molecule has 1 N–H and O–H groups in total. The van der Waals surface area contributed by atoms with E-state index < -0.39 is 0 Å². The highest BCUT2D eigenvalue weighted by atomic mass is 35.5. The molecule has 1 aromatic carbocycles. The van der Waals surface area contributed by atoms with Crippen LogP contribution in [0.5, 0.6) is 0 Å². The second kappa shape index (κ2) is 5.53. The molecular formula is C14H18ClN3. The summed E-state index contributed by atoms with van der Waals surface area (Å²) in [5, 5.41) is 4.67. The zero-order valence-corrected chi connectivity index (χ0v) is 11.7. The van der Waals surface area contributed by atoms with E-state index in [1.807, 2.05) is 24.3 Å². The van der Waals surface area contributed by atoms with Gasteiger partial charge in [-0.15, -0.1) is 0 Å². The van der Waals surface area contributed by atoms with Gasteiger partial charge in [-0.2, -0.15) is 0 Å². The molecule has 1 atom stereocenters. The van der Waals surface area contributed by atoms with E-state index in [-0.39, 0.29) is 5.28 Å². The molecule has 2 rings (SSSR count). The number of para-hydroxylation sites is 1. The maximum atomic E-state index is 5.94. The van der Waals surface area contributed by atoms with Gasteiger partial charge in [-0.05, 0) is 35.6 Å². The summed E-state index contributed by atoms with van der Waals surface area (Å²) in [6, 6.07) is 7.89. The van der Waals surface area contributed by atoms with Gasteiger partial charge >= 0.3 is 0 Å². The van der Waals surface area contributed by atoms with Crippen LogP contribution in [0.25, 0.3) is 10.9 Å². The molecule has 0 amide bonds. The Balaban J connectivity index is 2.27. The number of nitrogens with zero attached hydrogens (tertiary/aromatic N) is 2. The first-order chi connectivity index (χ1) is 8.58. The number of anilines is 1. The van der Waals surface area contributed by atoms with Crippen LogP contribution in [0.2, 0.25) is 5.28 Å². The second-order valence-electron chi connectivity index (χ2n) is 4.96. The predicted molar refractivity (Wildman–Crippen MR) is 77.0 cm³/mol. The van der Waals surface area contributed by atoms with E-state index in [1.54, 1.807) is 0 Å². The quantitative estimate of drug-likeness (QED) is 0.848. The summed E-state index contributed by atoms with van der Waals surface area (Å²) in [4.78, 5) is 8.49. The van der Waals surface area contributed by atoms with Crippen molar-refractivity contribution in [2.45, 2.75) is 20.8 Å². The van der Waals surface area contributed by atoms with Gasteiger partial charge in [0.05, 0.1) is 5.52 Å². The number of halogens is 1. The lowest BCUT2D eigenvalue weighted by Crippen LogP contribution is -2.17. The molecule has 0 fully saturated rings. The molecule has 0 radical (unpaired) electrons. The van der Waals surface area contributed by atoms with E-state index in [0.29, 0.717) is 11.8 Å². The van der Waals surface area contributed by atoms with Crippen LogP contribution < -0.4 is 5.32 Å². The number of fused-ring (bicyclic) bond motifs is 1.